The van der Waals surface area contributed by atoms with Gasteiger partial charge < -0.3 is 5.11 Å². The van der Waals surface area contributed by atoms with E-state index in [-0.39, 0.29) is 17.4 Å². The van der Waals surface area contributed by atoms with Crippen molar-refractivity contribution in [1.82, 2.24) is 14.8 Å². The van der Waals surface area contributed by atoms with Crippen molar-refractivity contribution in [3.8, 4) is 0 Å². The van der Waals surface area contributed by atoms with Crippen molar-refractivity contribution < 1.29 is 13.9 Å². The minimum Gasteiger partial charge on any atom is -0.390 e. The molecule has 4 nitrogen and oxygen atoms in total. The van der Waals surface area contributed by atoms with Crippen LogP contribution in [0, 0.1) is 27.7 Å². The minimum absolute atomic E-state index is 0.0483. The minimum atomic E-state index is -0.667. The van der Waals surface area contributed by atoms with E-state index in [0.717, 1.165) is 6.07 Å². The van der Waals surface area contributed by atoms with E-state index < -0.39 is 17.7 Å². The fraction of sp³-hybridized carbons (Fsp3) is 0.556. The second-order valence-corrected chi connectivity index (χ2v) is 8.06. The molecule has 0 saturated heterocycles. The summed E-state index contributed by atoms with van der Waals surface area (Å²) in [5, 5.41) is 13.8. The number of aliphatic hydroxyl groups excluding tert-OH is 1. The summed E-state index contributed by atoms with van der Waals surface area (Å²) in [7, 11) is 0. The molecule has 0 radical (unpaired) electrons. The monoisotopic (exact) mass is 369 g/mol. The molecular weight excluding hydrogens is 344 g/mol. The highest BCUT2D eigenvalue weighted by molar-refractivity contribution is 7.71. The van der Waals surface area contributed by atoms with E-state index in [0.29, 0.717) is 23.2 Å². The van der Waals surface area contributed by atoms with Gasteiger partial charge in [-0.3, -0.25) is 9.78 Å². The fourth-order valence-corrected chi connectivity index (χ4v) is 3.25. The Morgan fingerprint density at radius 2 is 2.00 bits per heavy atom. The number of nitrogens with zero attached hydrogens (tertiary/aromatic N) is 2. The second-order valence-electron chi connectivity index (χ2n) is 7.70. The maximum atomic E-state index is 13.9. The first-order chi connectivity index (χ1) is 11.6. The molecule has 7 heteroatoms. The Bertz CT molecular complexity index is 766. The zero-order valence-corrected chi connectivity index (χ0v) is 15.8. The van der Waals surface area contributed by atoms with E-state index in [2.05, 4.69) is 10.1 Å². The number of benzene rings is 1. The molecule has 138 valence electrons. The maximum absolute atomic E-state index is 13.9. The quantitative estimate of drug-likeness (QED) is 0.741. The van der Waals surface area contributed by atoms with Crippen LogP contribution in [0.5, 0.6) is 0 Å². The first kappa shape index (κ1) is 19.7. The zero-order valence-electron chi connectivity index (χ0n) is 15.0. The van der Waals surface area contributed by atoms with Crippen LogP contribution in [0.1, 0.15) is 45.7 Å². The highest BCUT2D eigenvalue weighted by Crippen LogP contribution is 2.33. The Labute approximate surface area is 151 Å². The van der Waals surface area contributed by atoms with Crippen LogP contribution in [-0.2, 0) is 6.42 Å². The van der Waals surface area contributed by atoms with Crippen LogP contribution >= 0.6 is 12.2 Å². The number of H-pyrrole nitrogens is 1. The number of halogens is 2. The molecule has 0 spiro atoms. The molecule has 2 aromatic rings. The van der Waals surface area contributed by atoms with Gasteiger partial charge in [0.25, 0.3) is 0 Å². The SMILES string of the molecule is C[C@H](Cc1ccc(F)cc1F)C[C@H]([C@@H](O)C(C)(C)C)n1[nH]cnc1=S. The Balaban J connectivity index is 2.21. The third kappa shape index (κ3) is 4.95. The molecule has 0 aliphatic carbocycles. The third-order valence-corrected chi connectivity index (χ3v) is 4.69. The Hall–Kier alpha value is -1.60. The molecule has 0 fully saturated rings. The van der Waals surface area contributed by atoms with Gasteiger partial charge in [0, 0.05) is 6.07 Å². The summed E-state index contributed by atoms with van der Waals surface area (Å²) in [5.41, 5.74) is 0.108. The van der Waals surface area contributed by atoms with Gasteiger partial charge in [0.2, 0.25) is 4.77 Å². The molecule has 0 aliphatic heterocycles. The van der Waals surface area contributed by atoms with Crippen LogP contribution in [-0.4, -0.2) is 26.0 Å². The number of nitrogens with one attached hydrogen (secondary N) is 1. The molecule has 2 rings (SSSR count). The first-order valence-corrected chi connectivity index (χ1v) is 8.74. The summed E-state index contributed by atoms with van der Waals surface area (Å²) in [6, 6.07) is 3.32. The Morgan fingerprint density at radius 3 is 2.52 bits per heavy atom. The van der Waals surface area contributed by atoms with Crippen molar-refractivity contribution in [3.05, 3.63) is 46.5 Å². The number of rotatable bonds is 6. The van der Waals surface area contributed by atoms with E-state index in [4.69, 9.17) is 12.2 Å². The molecule has 0 bridgehead atoms. The molecule has 25 heavy (non-hydrogen) atoms. The van der Waals surface area contributed by atoms with E-state index >= 15 is 0 Å². The van der Waals surface area contributed by atoms with Crippen molar-refractivity contribution in [1.29, 1.82) is 0 Å². The highest BCUT2D eigenvalue weighted by Gasteiger charge is 2.33. The van der Waals surface area contributed by atoms with Gasteiger partial charge >= 0.3 is 0 Å². The average molecular weight is 369 g/mol. The van der Waals surface area contributed by atoms with Crippen LogP contribution in [0.2, 0.25) is 0 Å². The van der Waals surface area contributed by atoms with Crippen LogP contribution in [0.3, 0.4) is 0 Å². The smallest absolute Gasteiger partial charge is 0.216 e. The lowest BCUT2D eigenvalue weighted by molar-refractivity contribution is 0.00386. The number of aromatic nitrogens is 3. The standard InChI is InChI=1S/C18H25F2N3OS/c1-11(7-12-5-6-13(19)9-14(12)20)8-15(16(24)18(2,3)4)23-17(25)21-10-22-23/h5-6,9-11,15-16,24H,7-8H2,1-4H3,(H,21,22,25)/t11-,15-,16-/m1/s1. The molecule has 0 amide bonds. The van der Waals surface area contributed by atoms with Crippen LogP contribution in [0.25, 0.3) is 0 Å². The topological polar surface area (TPSA) is 53.8 Å². The van der Waals surface area contributed by atoms with Crippen molar-refractivity contribution in [2.45, 2.75) is 52.7 Å². The van der Waals surface area contributed by atoms with Gasteiger partial charge in [-0.2, -0.15) is 0 Å². The predicted octanol–water partition coefficient (Wildman–Crippen LogP) is 4.44. The fourth-order valence-electron chi connectivity index (χ4n) is 3.01. The van der Waals surface area contributed by atoms with E-state index in [1.807, 2.05) is 27.7 Å². The van der Waals surface area contributed by atoms with Crippen molar-refractivity contribution in [2.24, 2.45) is 11.3 Å². The number of hydrogen-bond donors (Lipinski definition) is 2. The molecular formula is C18H25F2N3OS. The Morgan fingerprint density at radius 1 is 1.32 bits per heavy atom. The summed E-state index contributed by atoms with van der Waals surface area (Å²) in [4.78, 5) is 4.03. The van der Waals surface area contributed by atoms with Crippen molar-refractivity contribution in [2.75, 3.05) is 0 Å². The summed E-state index contributed by atoms with van der Waals surface area (Å²) in [5.74, 6) is -1.08. The molecule has 1 aromatic heterocycles. The highest BCUT2D eigenvalue weighted by atomic mass is 32.1. The van der Waals surface area contributed by atoms with Crippen LogP contribution in [0.15, 0.2) is 24.5 Å². The van der Waals surface area contributed by atoms with Gasteiger partial charge in [-0.1, -0.05) is 33.8 Å². The largest absolute Gasteiger partial charge is 0.390 e. The molecule has 0 saturated carbocycles. The van der Waals surface area contributed by atoms with Crippen molar-refractivity contribution >= 4 is 12.2 Å². The van der Waals surface area contributed by atoms with Crippen LogP contribution < -0.4 is 0 Å². The van der Waals surface area contributed by atoms with Gasteiger partial charge in [0.05, 0.1) is 12.1 Å². The third-order valence-electron chi connectivity index (χ3n) is 4.39. The summed E-state index contributed by atoms with van der Waals surface area (Å²) < 4.78 is 29.0. The van der Waals surface area contributed by atoms with Gasteiger partial charge in [0.1, 0.15) is 18.0 Å². The second kappa shape index (κ2) is 7.74. The normalized spacial score (nSPS) is 15.8. The van der Waals surface area contributed by atoms with E-state index in [1.54, 1.807) is 4.68 Å². The molecule has 0 aliphatic rings. The Kier molecular flexibility index (Phi) is 6.11. The molecule has 3 atom stereocenters. The van der Waals surface area contributed by atoms with Crippen LogP contribution in [0.4, 0.5) is 8.78 Å². The summed E-state index contributed by atoms with van der Waals surface area (Å²) >= 11 is 5.23. The molecule has 1 heterocycles. The lowest BCUT2D eigenvalue weighted by Crippen LogP contribution is -2.37. The molecule has 1 aromatic carbocycles. The number of aromatic amines is 1. The van der Waals surface area contributed by atoms with Crippen molar-refractivity contribution in [3.63, 3.8) is 0 Å². The lowest BCUT2D eigenvalue weighted by Gasteiger charge is -2.34. The van der Waals surface area contributed by atoms with Gasteiger partial charge in [0.15, 0.2) is 0 Å². The lowest BCUT2D eigenvalue weighted by atomic mass is 9.81. The van der Waals surface area contributed by atoms with E-state index in [9.17, 15) is 13.9 Å². The number of aliphatic hydroxyl groups is 1. The maximum Gasteiger partial charge on any atom is 0.216 e. The summed E-state index contributed by atoms with van der Waals surface area (Å²) in [6.45, 7) is 7.84. The van der Waals surface area contributed by atoms with E-state index in [1.165, 1.54) is 18.5 Å². The predicted molar refractivity (Wildman–Crippen MR) is 95.8 cm³/mol. The summed E-state index contributed by atoms with van der Waals surface area (Å²) in [6.07, 6.45) is 1.85. The van der Waals surface area contributed by atoms with Gasteiger partial charge in [-0.05, 0) is 48.0 Å². The van der Waals surface area contributed by atoms with Gasteiger partial charge in [-0.25, -0.2) is 13.8 Å². The number of hydrogen-bond acceptors (Lipinski definition) is 3. The zero-order chi connectivity index (χ0) is 18.8. The molecule has 2 N–H and O–H groups in total. The van der Waals surface area contributed by atoms with Gasteiger partial charge in [-0.15, -0.1) is 0 Å². The average Bonchev–Trinajstić information content (AvgIpc) is 2.92. The molecule has 0 unspecified atom stereocenters. The first-order valence-electron chi connectivity index (χ1n) is 8.33.